The van der Waals surface area contributed by atoms with E-state index in [1.807, 2.05) is 7.05 Å². The highest BCUT2D eigenvalue weighted by molar-refractivity contribution is 5.90. The van der Waals surface area contributed by atoms with Gasteiger partial charge in [0.05, 0.1) is 5.54 Å². The van der Waals surface area contributed by atoms with Crippen LogP contribution in [0, 0.1) is 5.41 Å². The van der Waals surface area contributed by atoms with E-state index >= 15 is 0 Å². The SMILES string of the molecule is CNC1(C(C)=O)CC1(C)C. The van der Waals surface area contributed by atoms with E-state index in [0.29, 0.717) is 0 Å². The van der Waals surface area contributed by atoms with Gasteiger partial charge in [0.25, 0.3) is 0 Å². The molecule has 0 saturated heterocycles. The van der Waals surface area contributed by atoms with E-state index in [4.69, 9.17) is 0 Å². The third kappa shape index (κ3) is 0.717. The molecular formula is C8H15NO. The molecular weight excluding hydrogens is 126 g/mol. The van der Waals surface area contributed by atoms with Crippen LogP contribution in [-0.4, -0.2) is 18.4 Å². The molecule has 2 heteroatoms. The third-order valence-corrected chi connectivity index (χ3v) is 2.77. The number of nitrogens with one attached hydrogen (secondary N) is 1. The first kappa shape index (κ1) is 7.73. The van der Waals surface area contributed by atoms with E-state index in [-0.39, 0.29) is 16.7 Å². The van der Waals surface area contributed by atoms with Gasteiger partial charge in [-0.15, -0.1) is 0 Å². The van der Waals surface area contributed by atoms with Crippen molar-refractivity contribution in [2.75, 3.05) is 7.05 Å². The maximum absolute atomic E-state index is 11.1. The van der Waals surface area contributed by atoms with Crippen LogP contribution in [0.15, 0.2) is 0 Å². The molecule has 1 N–H and O–H groups in total. The van der Waals surface area contributed by atoms with Gasteiger partial charge in [-0.25, -0.2) is 0 Å². The molecule has 1 saturated carbocycles. The Bertz CT molecular complexity index is 174. The lowest BCUT2D eigenvalue weighted by Gasteiger charge is -2.15. The topological polar surface area (TPSA) is 29.1 Å². The monoisotopic (exact) mass is 141 g/mol. The number of carbonyl (C=O) groups excluding carboxylic acids is 1. The molecule has 0 radical (unpaired) electrons. The molecule has 0 aromatic carbocycles. The Kier molecular flexibility index (Phi) is 1.40. The van der Waals surface area contributed by atoms with Gasteiger partial charge >= 0.3 is 0 Å². The zero-order chi connectivity index (χ0) is 7.99. The Morgan fingerprint density at radius 2 is 1.90 bits per heavy atom. The lowest BCUT2D eigenvalue weighted by atomic mass is 10.0. The number of likely N-dealkylation sites (N-methyl/N-ethyl adjacent to an activating group) is 1. The van der Waals surface area contributed by atoms with Gasteiger partial charge in [-0.2, -0.15) is 0 Å². The lowest BCUT2D eigenvalue weighted by Crippen LogP contribution is -2.39. The molecule has 1 atom stereocenters. The molecule has 0 amide bonds. The first-order chi connectivity index (χ1) is 4.46. The van der Waals surface area contributed by atoms with E-state index in [1.54, 1.807) is 6.92 Å². The van der Waals surface area contributed by atoms with Gasteiger partial charge < -0.3 is 5.32 Å². The Labute approximate surface area is 62.0 Å². The molecule has 0 aromatic heterocycles. The Hall–Kier alpha value is -0.370. The summed E-state index contributed by atoms with van der Waals surface area (Å²) in [7, 11) is 1.86. The average Bonchev–Trinajstić information content (AvgIpc) is 2.35. The zero-order valence-electron chi connectivity index (χ0n) is 7.12. The third-order valence-electron chi connectivity index (χ3n) is 2.77. The summed E-state index contributed by atoms with van der Waals surface area (Å²) in [4.78, 5) is 11.1. The highest BCUT2D eigenvalue weighted by Gasteiger charge is 2.63. The minimum absolute atomic E-state index is 0.174. The predicted octanol–water partition coefficient (Wildman–Crippen LogP) is 0.963. The molecule has 0 bridgehead atoms. The average molecular weight is 141 g/mol. The van der Waals surface area contributed by atoms with Gasteiger partial charge in [0.2, 0.25) is 0 Å². The second kappa shape index (κ2) is 1.82. The van der Waals surface area contributed by atoms with Crippen LogP contribution < -0.4 is 5.32 Å². The van der Waals surface area contributed by atoms with Crippen LogP contribution >= 0.6 is 0 Å². The summed E-state index contributed by atoms with van der Waals surface area (Å²) in [6.07, 6.45) is 0.978. The van der Waals surface area contributed by atoms with Gasteiger partial charge in [0.15, 0.2) is 0 Å². The van der Waals surface area contributed by atoms with Gasteiger partial charge in [0.1, 0.15) is 5.78 Å². The van der Waals surface area contributed by atoms with Crippen molar-refractivity contribution in [2.45, 2.75) is 32.7 Å². The normalized spacial score (nSPS) is 35.6. The minimum atomic E-state index is -0.201. The molecule has 1 fully saturated rings. The Morgan fingerprint density at radius 1 is 1.50 bits per heavy atom. The molecule has 2 nitrogen and oxygen atoms in total. The fourth-order valence-corrected chi connectivity index (χ4v) is 1.82. The summed E-state index contributed by atoms with van der Waals surface area (Å²) in [5, 5.41) is 3.09. The molecule has 1 aliphatic rings. The van der Waals surface area contributed by atoms with Crippen LogP contribution in [0.25, 0.3) is 0 Å². The molecule has 1 aliphatic carbocycles. The summed E-state index contributed by atoms with van der Waals surface area (Å²) in [6, 6.07) is 0. The fourth-order valence-electron chi connectivity index (χ4n) is 1.82. The van der Waals surface area contributed by atoms with Crippen molar-refractivity contribution in [3.05, 3.63) is 0 Å². The van der Waals surface area contributed by atoms with Crippen LogP contribution in [-0.2, 0) is 4.79 Å². The highest BCUT2D eigenvalue weighted by atomic mass is 16.1. The van der Waals surface area contributed by atoms with Crippen LogP contribution in [0.2, 0.25) is 0 Å². The summed E-state index contributed by atoms with van der Waals surface area (Å²) in [5.41, 5.74) is -0.0272. The number of carbonyl (C=O) groups is 1. The van der Waals surface area contributed by atoms with E-state index in [0.717, 1.165) is 6.42 Å². The van der Waals surface area contributed by atoms with Gasteiger partial charge in [-0.05, 0) is 25.8 Å². The summed E-state index contributed by atoms with van der Waals surface area (Å²) in [6.45, 7) is 5.89. The number of hydrogen-bond acceptors (Lipinski definition) is 2. The number of ketones is 1. The minimum Gasteiger partial charge on any atom is -0.308 e. The second-order valence-corrected chi connectivity index (χ2v) is 3.77. The number of hydrogen-bond donors (Lipinski definition) is 1. The molecule has 0 aliphatic heterocycles. The maximum atomic E-state index is 11.1. The highest BCUT2D eigenvalue weighted by Crippen LogP contribution is 2.55. The second-order valence-electron chi connectivity index (χ2n) is 3.77. The summed E-state index contributed by atoms with van der Waals surface area (Å²) >= 11 is 0. The molecule has 0 heterocycles. The summed E-state index contributed by atoms with van der Waals surface area (Å²) < 4.78 is 0. The van der Waals surface area contributed by atoms with Crippen molar-refractivity contribution >= 4 is 5.78 Å². The van der Waals surface area contributed by atoms with Crippen molar-refractivity contribution in [3.63, 3.8) is 0 Å². The molecule has 10 heavy (non-hydrogen) atoms. The zero-order valence-corrected chi connectivity index (χ0v) is 7.12. The van der Waals surface area contributed by atoms with E-state index in [1.165, 1.54) is 0 Å². The number of Topliss-reactive ketones (excluding diaryl/α,β-unsaturated/α-hetero) is 1. The standard InChI is InChI=1S/C8H15NO/c1-6(10)8(9-4)5-7(8,2)3/h9H,5H2,1-4H3. The predicted molar refractivity (Wildman–Crippen MR) is 40.9 cm³/mol. The van der Waals surface area contributed by atoms with Crippen LogP contribution in [0.1, 0.15) is 27.2 Å². The number of rotatable bonds is 2. The Morgan fingerprint density at radius 3 is 1.90 bits per heavy atom. The van der Waals surface area contributed by atoms with Crippen molar-refractivity contribution in [1.82, 2.24) is 5.32 Å². The van der Waals surface area contributed by atoms with Crippen molar-refractivity contribution in [1.29, 1.82) is 0 Å². The van der Waals surface area contributed by atoms with Crippen molar-refractivity contribution in [2.24, 2.45) is 5.41 Å². The molecule has 1 rings (SSSR count). The maximum Gasteiger partial charge on any atom is 0.150 e. The quantitative estimate of drug-likeness (QED) is 0.620. The van der Waals surface area contributed by atoms with E-state index < -0.39 is 0 Å². The molecule has 1 unspecified atom stereocenters. The van der Waals surface area contributed by atoms with Crippen molar-refractivity contribution < 1.29 is 4.79 Å². The smallest absolute Gasteiger partial charge is 0.150 e. The molecule has 58 valence electrons. The molecule has 0 aromatic rings. The summed E-state index contributed by atoms with van der Waals surface area (Å²) in [5.74, 6) is 0.264. The van der Waals surface area contributed by atoms with Crippen LogP contribution in [0.4, 0.5) is 0 Å². The Balaban J connectivity index is 2.78. The van der Waals surface area contributed by atoms with E-state index in [2.05, 4.69) is 19.2 Å². The lowest BCUT2D eigenvalue weighted by molar-refractivity contribution is -0.120. The van der Waals surface area contributed by atoms with Crippen LogP contribution in [0.3, 0.4) is 0 Å². The van der Waals surface area contributed by atoms with Crippen molar-refractivity contribution in [3.8, 4) is 0 Å². The van der Waals surface area contributed by atoms with Gasteiger partial charge in [-0.3, -0.25) is 4.79 Å². The van der Waals surface area contributed by atoms with Gasteiger partial charge in [-0.1, -0.05) is 13.8 Å². The van der Waals surface area contributed by atoms with Gasteiger partial charge in [0, 0.05) is 0 Å². The first-order valence-electron chi connectivity index (χ1n) is 3.66. The van der Waals surface area contributed by atoms with Crippen LogP contribution in [0.5, 0.6) is 0 Å². The first-order valence-corrected chi connectivity index (χ1v) is 3.66. The largest absolute Gasteiger partial charge is 0.308 e. The fraction of sp³-hybridized carbons (Fsp3) is 0.875. The molecule has 0 spiro atoms. The van der Waals surface area contributed by atoms with E-state index in [9.17, 15) is 4.79 Å².